The first-order chi connectivity index (χ1) is 12.5. The number of hydrogen-bond donors (Lipinski definition) is 3. The van der Waals surface area contributed by atoms with Crippen molar-refractivity contribution in [3.8, 4) is 0 Å². The highest BCUT2D eigenvalue weighted by Crippen LogP contribution is 2.57. The van der Waals surface area contributed by atoms with E-state index in [2.05, 4.69) is 20.3 Å². The van der Waals surface area contributed by atoms with E-state index in [0.717, 1.165) is 25.9 Å². The van der Waals surface area contributed by atoms with Crippen molar-refractivity contribution in [2.75, 3.05) is 32.5 Å². The van der Waals surface area contributed by atoms with Crippen molar-refractivity contribution in [1.29, 1.82) is 0 Å². The summed E-state index contributed by atoms with van der Waals surface area (Å²) in [5.41, 5.74) is 0.254. The molecule has 3 rings (SSSR count). The Morgan fingerprint density at radius 3 is 2.52 bits per heavy atom. The Morgan fingerprint density at radius 1 is 1.26 bits per heavy atom. The molecule has 0 amide bonds. The fourth-order valence-electron chi connectivity index (χ4n) is 4.32. The maximum absolute atomic E-state index is 12.1. The third-order valence-corrected chi connectivity index (χ3v) is 7.80. The van der Waals surface area contributed by atoms with Gasteiger partial charge in [-0.05, 0) is 44.9 Å². The smallest absolute Gasteiger partial charge is 0.213 e. The molecular formula is C18H35IN4O3S. The van der Waals surface area contributed by atoms with E-state index in [1.807, 2.05) is 6.92 Å². The minimum Gasteiger partial charge on any atom is -0.378 e. The van der Waals surface area contributed by atoms with E-state index in [4.69, 9.17) is 4.74 Å². The molecule has 0 aromatic carbocycles. The second-order valence-corrected chi connectivity index (χ2v) is 9.85. The lowest BCUT2D eigenvalue weighted by molar-refractivity contribution is -0.168. The second-order valence-electron chi connectivity index (χ2n) is 7.93. The van der Waals surface area contributed by atoms with E-state index in [0.29, 0.717) is 37.1 Å². The van der Waals surface area contributed by atoms with Crippen LogP contribution in [0, 0.1) is 11.3 Å². The number of aliphatic imine (C=N–C) groups is 1. The van der Waals surface area contributed by atoms with Crippen LogP contribution < -0.4 is 15.4 Å². The van der Waals surface area contributed by atoms with Gasteiger partial charge in [-0.3, -0.25) is 4.99 Å². The minimum atomic E-state index is -3.22. The second kappa shape index (κ2) is 10.1. The molecule has 0 bridgehead atoms. The largest absolute Gasteiger partial charge is 0.378 e. The normalized spacial score (nSPS) is 27.1. The van der Waals surface area contributed by atoms with Gasteiger partial charge in [-0.1, -0.05) is 12.8 Å². The number of guanidine groups is 1. The fourth-order valence-corrected chi connectivity index (χ4v) is 5.32. The molecule has 3 fully saturated rings. The first kappa shape index (κ1) is 23.2. The summed E-state index contributed by atoms with van der Waals surface area (Å²) in [5, 5.41) is 6.63. The van der Waals surface area contributed by atoms with Gasteiger partial charge in [0.05, 0.1) is 11.9 Å². The summed E-state index contributed by atoms with van der Waals surface area (Å²) in [7, 11) is -1.50. The predicted molar refractivity (Wildman–Crippen MR) is 119 cm³/mol. The number of halogens is 1. The number of sulfonamides is 1. The Kier molecular flexibility index (Phi) is 8.63. The number of rotatable bonds is 9. The zero-order chi connectivity index (χ0) is 18.6. The molecule has 2 unspecified atom stereocenters. The van der Waals surface area contributed by atoms with Crippen molar-refractivity contribution >= 4 is 40.0 Å². The maximum Gasteiger partial charge on any atom is 0.213 e. The van der Waals surface area contributed by atoms with Crippen LogP contribution in [0.1, 0.15) is 51.9 Å². The number of nitrogens with zero attached hydrogens (tertiary/aromatic N) is 1. The molecule has 0 aromatic rings. The van der Waals surface area contributed by atoms with Crippen LogP contribution in [-0.2, 0) is 14.8 Å². The molecule has 3 saturated carbocycles. The van der Waals surface area contributed by atoms with E-state index in [-0.39, 0.29) is 35.1 Å². The molecule has 0 heterocycles. The van der Waals surface area contributed by atoms with Crippen molar-refractivity contribution in [3.05, 3.63) is 0 Å². The Bertz CT molecular complexity index is 606. The average molecular weight is 514 g/mol. The van der Waals surface area contributed by atoms with Crippen LogP contribution in [0.15, 0.2) is 4.99 Å². The van der Waals surface area contributed by atoms with Crippen molar-refractivity contribution in [3.63, 3.8) is 0 Å². The quantitative estimate of drug-likeness (QED) is 0.248. The minimum absolute atomic E-state index is 0. The van der Waals surface area contributed by atoms with Crippen molar-refractivity contribution in [2.24, 2.45) is 16.3 Å². The highest BCUT2D eigenvalue weighted by Gasteiger charge is 2.59. The molecular weight excluding hydrogens is 479 g/mol. The Balaban J connectivity index is 0.00000261. The Morgan fingerprint density at radius 2 is 2.00 bits per heavy atom. The van der Waals surface area contributed by atoms with E-state index >= 15 is 0 Å². The lowest BCUT2D eigenvalue weighted by Crippen LogP contribution is -2.68. The van der Waals surface area contributed by atoms with E-state index in [1.54, 1.807) is 7.05 Å². The fraction of sp³-hybridized carbons (Fsp3) is 0.944. The summed E-state index contributed by atoms with van der Waals surface area (Å²) < 4.78 is 32.8. The van der Waals surface area contributed by atoms with Crippen molar-refractivity contribution < 1.29 is 13.2 Å². The molecule has 158 valence electrons. The number of ether oxygens (including phenoxy) is 1. The van der Waals surface area contributed by atoms with Gasteiger partial charge >= 0.3 is 0 Å². The standard InChI is InChI=1S/C18H34N4O3S.HI/c1-3-25-16-12-15(18(16)8-5-9-18)22-17(19-2)20-10-11-26(23,24)21-13-14-6-4-7-14;/h14-16,21H,3-13H2,1-2H3,(H2,19,20,22);1H. The number of nitrogens with one attached hydrogen (secondary N) is 3. The third-order valence-electron chi connectivity index (χ3n) is 6.45. The van der Waals surface area contributed by atoms with E-state index < -0.39 is 10.0 Å². The van der Waals surface area contributed by atoms with Gasteiger partial charge in [0.1, 0.15) is 0 Å². The highest BCUT2D eigenvalue weighted by molar-refractivity contribution is 14.0. The summed E-state index contributed by atoms with van der Waals surface area (Å²) in [4.78, 5) is 4.26. The average Bonchev–Trinajstić information content (AvgIpc) is 2.48. The predicted octanol–water partition coefficient (Wildman–Crippen LogP) is 1.84. The first-order valence-electron chi connectivity index (χ1n) is 10.0. The zero-order valence-corrected chi connectivity index (χ0v) is 19.6. The zero-order valence-electron chi connectivity index (χ0n) is 16.5. The van der Waals surface area contributed by atoms with E-state index in [9.17, 15) is 8.42 Å². The number of hydrogen-bond acceptors (Lipinski definition) is 4. The van der Waals surface area contributed by atoms with Gasteiger partial charge in [-0.2, -0.15) is 0 Å². The van der Waals surface area contributed by atoms with Crippen LogP contribution in [0.5, 0.6) is 0 Å². The van der Waals surface area contributed by atoms with Gasteiger partial charge in [-0.25, -0.2) is 13.1 Å². The third kappa shape index (κ3) is 5.48. The molecule has 1 spiro atoms. The van der Waals surface area contributed by atoms with E-state index in [1.165, 1.54) is 25.7 Å². The van der Waals surface area contributed by atoms with Crippen LogP contribution in [-0.4, -0.2) is 59.0 Å². The van der Waals surface area contributed by atoms with Gasteiger partial charge in [0, 0.05) is 38.2 Å². The Labute approximate surface area is 180 Å². The molecule has 3 N–H and O–H groups in total. The molecule has 0 radical (unpaired) electrons. The lowest BCUT2D eigenvalue weighted by atomic mass is 9.51. The summed E-state index contributed by atoms with van der Waals surface area (Å²) in [5.74, 6) is 1.28. The van der Waals surface area contributed by atoms with Crippen LogP contribution >= 0.6 is 24.0 Å². The maximum atomic E-state index is 12.1. The van der Waals surface area contributed by atoms with Gasteiger partial charge in [0.15, 0.2) is 5.96 Å². The van der Waals surface area contributed by atoms with Crippen molar-refractivity contribution in [1.82, 2.24) is 15.4 Å². The monoisotopic (exact) mass is 514 g/mol. The van der Waals surface area contributed by atoms with Crippen LogP contribution in [0.25, 0.3) is 0 Å². The SMILES string of the molecule is CCOC1CC(NC(=NC)NCCS(=O)(=O)NCC2CCC2)C12CCC2.I. The van der Waals surface area contributed by atoms with Gasteiger partial charge in [-0.15, -0.1) is 24.0 Å². The van der Waals surface area contributed by atoms with Crippen LogP contribution in [0.3, 0.4) is 0 Å². The van der Waals surface area contributed by atoms with Gasteiger partial charge in [0.2, 0.25) is 10.0 Å². The van der Waals surface area contributed by atoms with Gasteiger partial charge in [0.25, 0.3) is 0 Å². The lowest BCUT2D eigenvalue weighted by Gasteiger charge is -2.61. The first-order valence-corrected chi connectivity index (χ1v) is 11.7. The summed E-state index contributed by atoms with van der Waals surface area (Å²) in [6.45, 7) is 3.75. The van der Waals surface area contributed by atoms with Crippen molar-refractivity contribution in [2.45, 2.75) is 64.0 Å². The summed E-state index contributed by atoms with van der Waals surface area (Å²) in [6, 6.07) is 0.368. The highest BCUT2D eigenvalue weighted by atomic mass is 127. The topological polar surface area (TPSA) is 91.8 Å². The van der Waals surface area contributed by atoms with Crippen LogP contribution in [0.4, 0.5) is 0 Å². The van der Waals surface area contributed by atoms with Crippen LogP contribution in [0.2, 0.25) is 0 Å². The summed E-state index contributed by atoms with van der Waals surface area (Å²) in [6.07, 6.45) is 8.52. The molecule has 3 aliphatic rings. The summed E-state index contributed by atoms with van der Waals surface area (Å²) >= 11 is 0. The Hall–Kier alpha value is -0.130. The van der Waals surface area contributed by atoms with Gasteiger partial charge < -0.3 is 15.4 Å². The molecule has 7 nitrogen and oxygen atoms in total. The molecule has 2 atom stereocenters. The molecule has 0 aromatic heterocycles. The molecule has 0 aliphatic heterocycles. The molecule has 9 heteroatoms. The molecule has 0 saturated heterocycles. The molecule has 3 aliphatic carbocycles. The molecule has 27 heavy (non-hydrogen) atoms.